The minimum Gasteiger partial charge on any atom is -0.324 e. The number of nitrogens with one attached hydrogen (secondary N) is 1. The molecule has 0 bridgehead atoms. The Morgan fingerprint density at radius 1 is 0.786 bits per heavy atom. The lowest BCUT2D eigenvalue weighted by Crippen LogP contribution is -2.32. The summed E-state index contributed by atoms with van der Waals surface area (Å²) in [5, 5.41) is 8.83. The van der Waals surface area contributed by atoms with E-state index in [4.69, 9.17) is 0 Å². The van der Waals surface area contributed by atoms with Crippen molar-refractivity contribution in [3.8, 4) is 0 Å². The standard InChI is InChI=1S/C23H18N4O/c28-22-21(16-18-10-4-1-5-11-18)26-23(25-20-14-8-3-9-15-20)27(22)24-17-19-12-6-2-7-13-19/h1-17H,(H,25,26)/b21-16+,24-17+. The minimum absolute atomic E-state index is 0.283. The number of guanidine groups is 1. The van der Waals surface area contributed by atoms with Crippen LogP contribution in [0.15, 0.2) is 107 Å². The smallest absolute Gasteiger partial charge is 0.300 e. The molecule has 0 aliphatic carbocycles. The van der Waals surface area contributed by atoms with E-state index in [2.05, 4.69) is 15.4 Å². The monoisotopic (exact) mass is 366 g/mol. The van der Waals surface area contributed by atoms with Gasteiger partial charge in [0, 0.05) is 5.69 Å². The third kappa shape index (κ3) is 4.04. The quantitative estimate of drug-likeness (QED) is 0.550. The summed E-state index contributed by atoms with van der Waals surface area (Å²) in [4.78, 5) is 17.4. The lowest BCUT2D eigenvalue weighted by atomic mass is 10.2. The van der Waals surface area contributed by atoms with Crippen LogP contribution < -0.4 is 5.32 Å². The summed E-state index contributed by atoms with van der Waals surface area (Å²) in [5.41, 5.74) is 2.96. The van der Waals surface area contributed by atoms with Gasteiger partial charge in [-0.15, -0.1) is 0 Å². The van der Waals surface area contributed by atoms with E-state index >= 15 is 0 Å². The number of nitrogens with zero attached hydrogens (tertiary/aromatic N) is 3. The van der Waals surface area contributed by atoms with Crippen molar-refractivity contribution in [1.82, 2.24) is 5.01 Å². The molecule has 0 spiro atoms. The molecule has 3 aromatic carbocycles. The van der Waals surface area contributed by atoms with E-state index in [1.807, 2.05) is 91.0 Å². The molecule has 3 aromatic rings. The number of benzene rings is 3. The van der Waals surface area contributed by atoms with E-state index in [9.17, 15) is 4.79 Å². The summed E-state index contributed by atoms with van der Waals surface area (Å²) >= 11 is 0. The molecule has 136 valence electrons. The van der Waals surface area contributed by atoms with Gasteiger partial charge in [0.25, 0.3) is 5.91 Å². The van der Waals surface area contributed by atoms with Gasteiger partial charge < -0.3 is 5.32 Å². The Morgan fingerprint density at radius 2 is 1.36 bits per heavy atom. The SMILES string of the molecule is O=C1/C(=C\c2ccccc2)N=C(Nc2ccccc2)N1/N=C/c1ccccc1. The van der Waals surface area contributed by atoms with Gasteiger partial charge in [-0.25, -0.2) is 4.99 Å². The highest BCUT2D eigenvalue weighted by atomic mass is 16.2. The van der Waals surface area contributed by atoms with Gasteiger partial charge >= 0.3 is 0 Å². The summed E-state index contributed by atoms with van der Waals surface area (Å²) in [6, 6.07) is 28.8. The number of hydrogen-bond donors (Lipinski definition) is 1. The van der Waals surface area contributed by atoms with Crippen molar-refractivity contribution in [3.63, 3.8) is 0 Å². The molecule has 1 heterocycles. The van der Waals surface area contributed by atoms with Crippen LogP contribution in [0.2, 0.25) is 0 Å². The Kier molecular flexibility index (Phi) is 5.06. The third-order valence-corrected chi connectivity index (χ3v) is 4.09. The van der Waals surface area contributed by atoms with Gasteiger partial charge in [-0.05, 0) is 29.3 Å². The lowest BCUT2D eigenvalue weighted by Gasteiger charge is -2.13. The molecule has 0 saturated heterocycles. The Hall–Kier alpha value is -3.99. The van der Waals surface area contributed by atoms with Crippen molar-refractivity contribution in [2.75, 3.05) is 5.32 Å². The first-order valence-corrected chi connectivity index (χ1v) is 8.90. The second-order valence-corrected chi connectivity index (χ2v) is 6.14. The molecule has 0 aromatic heterocycles. The Balaban J connectivity index is 1.66. The van der Waals surface area contributed by atoms with Crippen LogP contribution in [-0.4, -0.2) is 23.1 Å². The van der Waals surface area contributed by atoms with Crippen LogP contribution in [-0.2, 0) is 4.79 Å². The highest BCUT2D eigenvalue weighted by Gasteiger charge is 2.30. The van der Waals surface area contributed by atoms with Gasteiger partial charge in [0.15, 0.2) is 0 Å². The molecule has 0 fully saturated rings. The summed E-state index contributed by atoms with van der Waals surface area (Å²) in [6.45, 7) is 0. The fourth-order valence-corrected chi connectivity index (χ4v) is 2.72. The predicted molar refractivity (Wildman–Crippen MR) is 113 cm³/mol. The van der Waals surface area contributed by atoms with Crippen molar-refractivity contribution in [1.29, 1.82) is 0 Å². The van der Waals surface area contributed by atoms with E-state index in [-0.39, 0.29) is 5.91 Å². The molecule has 0 atom stereocenters. The van der Waals surface area contributed by atoms with Crippen LogP contribution in [0.25, 0.3) is 6.08 Å². The fourth-order valence-electron chi connectivity index (χ4n) is 2.72. The highest BCUT2D eigenvalue weighted by Crippen LogP contribution is 2.20. The number of carbonyl (C=O) groups is 1. The van der Waals surface area contributed by atoms with Crippen LogP contribution in [0.1, 0.15) is 11.1 Å². The van der Waals surface area contributed by atoms with Crippen molar-refractivity contribution >= 4 is 29.8 Å². The van der Waals surface area contributed by atoms with Gasteiger partial charge in [0.1, 0.15) is 5.70 Å². The topological polar surface area (TPSA) is 57.1 Å². The van der Waals surface area contributed by atoms with E-state index in [0.717, 1.165) is 16.8 Å². The maximum atomic E-state index is 12.9. The molecule has 1 aliphatic heterocycles. The van der Waals surface area contributed by atoms with Gasteiger partial charge in [-0.1, -0.05) is 78.9 Å². The molecule has 0 unspecified atom stereocenters. The minimum atomic E-state index is -0.283. The van der Waals surface area contributed by atoms with Gasteiger partial charge in [-0.3, -0.25) is 4.79 Å². The predicted octanol–water partition coefficient (Wildman–Crippen LogP) is 4.37. The first-order chi connectivity index (χ1) is 13.8. The van der Waals surface area contributed by atoms with Gasteiger partial charge in [-0.2, -0.15) is 10.1 Å². The third-order valence-electron chi connectivity index (χ3n) is 4.09. The molecular formula is C23H18N4O. The second kappa shape index (κ2) is 8.14. The summed E-state index contributed by atoms with van der Waals surface area (Å²) < 4.78 is 0. The number of rotatable bonds is 4. The van der Waals surface area contributed by atoms with Crippen molar-refractivity contribution in [3.05, 3.63) is 108 Å². The van der Waals surface area contributed by atoms with Gasteiger partial charge in [0.05, 0.1) is 6.21 Å². The van der Waals surface area contributed by atoms with E-state index in [1.165, 1.54) is 5.01 Å². The maximum absolute atomic E-state index is 12.9. The van der Waals surface area contributed by atoms with Crippen molar-refractivity contribution in [2.24, 2.45) is 10.1 Å². The Labute approximate surface area is 163 Å². The van der Waals surface area contributed by atoms with Gasteiger partial charge in [0.2, 0.25) is 5.96 Å². The summed E-state index contributed by atoms with van der Waals surface area (Å²) in [6.07, 6.45) is 3.40. The largest absolute Gasteiger partial charge is 0.324 e. The molecule has 5 heteroatoms. The van der Waals surface area contributed by atoms with E-state index in [1.54, 1.807) is 12.3 Å². The number of hydrazone groups is 1. The van der Waals surface area contributed by atoms with Crippen LogP contribution in [0.3, 0.4) is 0 Å². The number of para-hydroxylation sites is 1. The molecular weight excluding hydrogens is 348 g/mol. The highest BCUT2D eigenvalue weighted by molar-refractivity contribution is 6.17. The van der Waals surface area contributed by atoms with E-state index in [0.29, 0.717) is 11.7 Å². The second-order valence-electron chi connectivity index (χ2n) is 6.14. The average Bonchev–Trinajstić information content (AvgIpc) is 3.03. The number of hydrogen-bond acceptors (Lipinski definition) is 4. The Morgan fingerprint density at radius 3 is 2.00 bits per heavy atom. The molecule has 0 radical (unpaired) electrons. The van der Waals surface area contributed by atoms with Crippen LogP contribution >= 0.6 is 0 Å². The fraction of sp³-hybridized carbons (Fsp3) is 0. The summed E-state index contributed by atoms with van der Waals surface area (Å²) in [5.74, 6) is 0.0834. The zero-order valence-corrected chi connectivity index (χ0v) is 15.1. The normalized spacial score (nSPS) is 15.3. The molecule has 1 N–H and O–H groups in total. The first-order valence-electron chi connectivity index (χ1n) is 8.90. The van der Waals surface area contributed by atoms with Crippen LogP contribution in [0, 0.1) is 0 Å². The van der Waals surface area contributed by atoms with Crippen molar-refractivity contribution in [2.45, 2.75) is 0 Å². The maximum Gasteiger partial charge on any atom is 0.300 e. The lowest BCUT2D eigenvalue weighted by molar-refractivity contribution is -0.122. The molecule has 0 saturated carbocycles. The zero-order chi connectivity index (χ0) is 19.2. The molecule has 1 amide bonds. The number of aliphatic imine (C=N–C) groups is 1. The molecule has 4 rings (SSSR count). The molecule has 28 heavy (non-hydrogen) atoms. The number of amides is 1. The number of carbonyl (C=O) groups excluding carboxylic acids is 1. The molecule has 1 aliphatic rings. The average molecular weight is 366 g/mol. The summed E-state index contributed by atoms with van der Waals surface area (Å²) in [7, 11) is 0. The molecule has 5 nitrogen and oxygen atoms in total. The first kappa shape index (κ1) is 17.4. The zero-order valence-electron chi connectivity index (χ0n) is 15.1. The number of anilines is 1. The Bertz CT molecular complexity index is 1040. The van der Waals surface area contributed by atoms with E-state index < -0.39 is 0 Å². The van der Waals surface area contributed by atoms with Crippen LogP contribution in [0.5, 0.6) is 0 Å². The van der Waals surface area contributed by atoms with Crippen molar-refractivity contribution < 1.29 is 4.79 Å². The van der Waals surface area contributed by atoms with Crippen LogP contribution in [0.4, 0.5) is 5.69 Å².